The average molecular weight is 427 g/mol. The molecule has 1 amide bonds. The minimum Gasteiger partial charge on any atom is -0.368 e. The van der Waals surface area contributed by atoms with Crippen LogP contribution in [0.15, 0.2) is 47.1 Å². The fraction of sp³-hybridized carbons (Fsp3) is 0.333. The largest absolute Gasteiger partial charge is 0.368 e. The lowest BCUT2D eigenvalue weighted by molar-refractivity contribution is 0.0738. The quantitative estimate of drug-likeness (QED) is 0.636. The van der Waals surface area contributed by atoms with Crippen molar-refractivity contribution in [1.82, 2.24) is 14.3 Å². The Balaban J connectivity index is 1.60. The number of anilines is 1. The second-order valence-electron chi connectivity index (χ2n) is 6.91. The van der Waals surface area contributed by atoms with Crippen LogP contribution in [-0.2, 0) is 6.42 Å². The molecular weight excluding hydrogens is 404 g/mol. The molecule has 0 atom stereocenters. The predicted molar refractivity (Wildman–Crippen MR) is 112 cm³/mol. The van der Waals surface area contributed by atoms with E-state index in [2.05, 4.69) is 52.0 Å². The van der Waals surface area contributed by atoms with Gasteiger partial charge in [0, 0.05) is 42.5 Å². The maximum atomic E-state index is 13.4. The number of benzene rings is 1. The molecule has 27 heavy (non-hydrogen) atoms. The molecule has 3 aromatic rings. The van der Waals surface area contributed by atoms with E-state index < -0.39 is 0 Å². The van der Waals surface area contributed by atoms with Crippen molar-refractivity contribution in [2.75, 3.05) is 31.1 Å². The first kappa shape index (κ1) is 18.0. The number of piperazine rings is 1. The van der Waals surface area contributed by atoms with Gasteiger partial charge in [0.2, 0.25) is 0 Å². The van der Waals surface area contributed by atoms with E-state index in [0.29, 0.717) is 5.69 Å². The summed E-state index contributed by atoms with van der Waals surface area (Å²) >= 11 is 3.55. The highest BCUT2D eigenvalue weighted by Gasteiger charge is 2.27. The summed E-state index contributed by atoms with van der Waals surface area (Å²) < 4.78 is 2.90. The van der Waals surface area contributed by atoms with Gasteiger partial charge in [-0.3, -0.25) is 9.20 Å². The Morgan fingerprint density at radius 3 is 2.52 bits per heavy atom. The molecule has 3 heterocycles. The molecule has 0 radical (unpaired) electrons. The molecule has 0 spiro atoms. The van der Waals surface area contributed by atoms with Gasteiger partial charge in [-0.25, -0.2) is 4.98 Å². The molecule has 6 heteroatoms. The number of hydrogen-bond donors (Lipinski definition) is 0. The highest BCUT2D eigenvalue weighted by molar-refractivity contribution is 9.10. The molecule has 1 aromatic carbocycles. The van der Waals surface area contributed by atoms with Gasteiger partial charge in [-0.1, -0.05) is 25.1 Å². The van der Waals surface area contributed by atoms with Crippen LogP contribution in [0.1, 0.15) is 28.7 Å². The van der Waals surface area contributed by atoms with Gasteiger partial charge in [0.25, 0.3) is 5.91 Å². The average Bonchev–Trinajstić information content (AvgIpc) is 3.07. The third kappa shape index (κ3) is 3.34. The lowest BCUT2D eigenvalue weighted by Gasteiger charge is -2.36. The van der Waals surface area contributed by atoms with Crippen LogP contribution >= 0.6 is 15.9 Å². The van der Waals surface area contributed by atoms with Gasteiger partial charge in [-0.2, -0.15) is 0 Å². The minimum atomic E-state index is 0.0737. The molecule has 4 rings (SSSR count). The number of halogens is 1. The van der Waals surface area contributed by atoms with Crippen LogP contribution in [0.25, 0.3) is 5.65 Å². The number of carbonyl (C=O) groups excluding carboxylic acids is 1. The van der Waals surface area contributed by atoms with E-state index >= 15 is 0 Å². The van der Waals surface area contributed by atoms with E-state index in [-0.39, 0.29) is 5.91 Å². The Labute approximate surface area is 167 Å². The molecule has 0 bridgehead atoms. The smallest absolute Gasteiger partial charge is 0.272 e. The van der Waals surface area contributed by atoms with Gasteiger partial charge in [-0.15, -0.1) is 0 Å². The van der Waals surface area contributed by atoms with Crippen LogP contribution in [-0.4, -0.2) is 46.4 Å². The standard InChI is InChI=1S/C21H23BrN4O/c1-3-18-19(26-14-16(22)13-15(2)20(26)23-18)21(27)25-11-9-24(10-12-25)17-7-5-4-6-8-17/h4-8,13-14H,3,9-12H2,1-2H3. The number of hydrogen-bond acceptors (Lipinski definition) is 3. The van der Waals surface area contributed by atoms with Gasteiger partial charge < -0.3 is 9.80 Å². The van der Waals surface area contributed by atoms with Crippen LogP contribution in [0.2, 0.25) is 0 Å². The minimum absolute atomic E-state index is 0.0737. The van der Waals surface area contributed by atoms with Crippen LogP contribution in [0.4, 0.5) is 5.69 Å². The van der Waals surface area contributed by atoms with E-state index in [1.165, 1.54) is 5.69 Å². The molecule has 0 N–H and O–H groups in total. The van der Waals surface area contributed by atoms with E-state index in [4.69, 9.17) is 4.98 Å². The summed E-state index contributed by atoms with van der Waals surface area (Å²) in [5.41, 5.74) is 4.71. The van der Waals surface area contributed by atoms with Crippen molar-refractivity contribution in [3.05, 3.63) is 64.0 Å². The molecule has 2 aromatic heterocycles. The Morgan fingerprint density at radius 2 is 1.85 bits per heavy atom. The zero-order valence-electron chi connectivity index (χ0n) is 15.7. The second kappa shape index (κ2) is 7.35. The summed E-state index contributed by atoms with van der Waals surface area (Å²) in [5, 5.41) is 0. The normalized spacial score (nSPS) is 14.8. The van der Waals surface area contributed by atoms with Crippen LogP contribution in [0.3, 0.4) is 0 Å². The van der Waals surface area contributed by atoms with Crippen molar-refractivity contribution in [3.63, 3.8) is 0 Å². The maximum absolute atomic E-state index is 13.4. The Kier molecular flexibility index (Phi) is 4.91. The number of pyridine rings is 1. The van der Waals surface area contributed by atoms with Crippen molar-refractivity contribution in [2.24, 2.45) is 0 Å². The second-order valence-corrected chi connectivity index (χ2v) is 7.83. The molecule has 1 saturated heterocycles. The summed E-state index contributed by atoms with van der Waals surface area (Å²) in [6.45, 7) is 7.21. The van der Waals surface area contributed by atoms with Crippen molar-refractivity contribution in [3.8, 4) is 0 Å². The number of carbonyl (C=O) groups is 1. The van der Waals surface area contributed by atoms with Crippen LogP contribution < -0.4 is 4.90 Å². The lowest BCUT2D eigenvalue weighted by atomic mass is 10.2. The third-order valence-electron chi connectivity index (χ3n) is 5.17. The highest BCUT2D eigenvalue weighted by Crippen LogP contribution is 2.23. The summed E-state index contributed by atoms with van der Waals surface area (Å²) in [5.74, 6) is 0.0737. The summed E-state index contributed by atoms with van der Waals surface area (Å²) in [6.07, 6.45) is 2.69. The molecule has 1 aliphatic heterocycles. The van der Waals surface area contributed by atoms with Gasteiger partial charge in [0.05, 0.1) is 5.69 Å². The molecule has 0 unspecified atom stereocenters. The van der Waals surface area contributed by atoms with Crippen molar-refractivity contribution >= 4 is 33.2 Å². The number of para-hydroxylation sites is 1. The molecule has 5 nitrogen and oxygen atoms in total. The van der Waals surface area contributed by atoms with Crippen LogP contribution in [0.5, 0.6) is 0 Å². The van der Waals surface area contributed by atoms with E-state index in [1.807, 2.05) is 34.6 Å². The fourth-order valence-corrected chi connectivity index (χ4v) is 4.29. The summed E-state index contributed by atoms with van der Waals surface area (Å²) in [6, 6.07) is 12.4. The highest BCUT2D eigenvalue weighted by atomic mass is 79.9. The van der Waals surface area contributed by atoms with Crippen molar-refractivity contribution in [1.29, 1.82) is 0 Å². The summed E-state index contributed by atoms with van der Waals surface area (Å²) in [7, 11) is 0. The SMILES string of the molecule is CCc1nc2c(C)cc(Br)cn2c1C(=O)N1CCN(c2ccccc2)CC1. The number of aryl methyl sites for hydroxylation is 2. The zero-order chi connectivity index (χ0) is 19.0. The van der Waals surface area contributed by atoms with E-state index in [0.717, 1.165) is 54.0 Å². The number of nitrogens with zero attached hydrogens (tertiary/aromatic N) is 4. The van der Waals surface area contributed by atoms with Crippen molar-refractivity contribution in [2.45, 2.75) is 20.3 Å². The first-order valence-corrected chi connectivity index (χ1v) is 10.1. The summed E-state index contributed by atoms with van der Waals surface area (Å²) in [4.78, 5) is 22.4. The maximum Gasteiger partial charge on any atom is 0.272 e. The number of rotatable bonds is 3. The Hall–Kier alpha value is -2.34. The number of fused-ring (bicyclic) bond motifs is 1. The number of aromatic nitrogens is 2. The molecule has 1 fully saturated rings. The zero-order valence-corrected chi connectivity index (χ0v) is 17.2. The van der Waals surface area contributed by atoms with E-state index in [9.17, 15) is 4.79 Å². The molecule has 140 valence electrons. The number of imidazole rings is 1. The predicted octanol–water partition coefficient (Wildman–Crippen LogP) is 3.93. The van der Waals surface area contributed by atoms with Gasteiger partial charge in [-0.05, 0) is 53.0 Å². The number of amides is 1. The fourth-order valence-electron chi connectivity index (χ4n) is 3.74. The first-order valence-electron chi connectivity index (χ1n) is 9.35. The first-order chi connectivity index (χ1) is 13.1. The van der Waals surface area contributed by atoms with E-state index in [1.54, 1.807) is 0 Å². The molecule has 0 aliphatic carbocycles. The molecular formula is C21H23BrN4O. The van der Waals surface area contributed by atoms with Gasteiger partial charge in [0.1, 0.15) is 11.3 Å². The molecule has 1 aliphatic rings. The Bertz CT molecular complexity index is 975. The monoisotopic (exact) mass is 426 g/mol. The molecule has 0 saturated carbocycles. The lowest BCUT2D eigenvalue weighted by Crippen LogP contribution is -2.49. The van der Waals surface area contributed by atoms with Gasteiger partial charge >= 0.3 is 0 Å². The topological polar surface area (TPSA) is 40.9 Å². The van der Waals surface area contributed by atoms with Crippen LogP contribution in [0, 0.1) is 6.92 Å². The third-order valence-corrected chi connectivity index (χ3v) is 5.60. The Morgan fingerprint density at radius 1 is 1.15 bits per heavy atom. The van der Waals surface area contributed by atoms with Gasteiger partial charge in [0.15, 0.2) is 0 Å². The van der Waals surface area contributed by atoms with Crippen molar-refractivity contribution < 1.29 is 4.79 Å².